The predicted molar refractivity (Wildman–Crippen MR) is 95.4 cm³/mol. The molecule has 0 aromatic heterocycles. The van der Waals surface area contributed by atoms with Crippen molar-refractivity contribution in [1.29, 1.82) is 0 Å². The van der Waals surface area contributed by atoms with Crippen LogP contribution in [0.1, 0.15) is 6.92 Å². The van der Waals surface area contributed by atoms with Crippen LogP contribution in [0.15, 0.2) is 76.6 Å². The Hall–Kier alpha value is -3.54. The van der Waals surface area contributed by atoms with Crippen molar-refractivity contribution in [2.24, 2.45) is 4.99 Å². The van der Waals surface area contributed by atoms with Crippen LogP contribution in [0, 0.1) is 0 Å². The first-order chi connectivity index (χ1) is 11.9. The maximum Gasteiger partial charge on any atom is 0.208 e. The largest absolute Gasteiger partial charge is 0.508 e. The first-order valence-corrected chi connectivity index (χ1v) is 7.54. The third kappa shape index (κ3) is 3.53. The number of aliphatic hydroxyl groups is 1. The van der Waals surface area contributed by atoms with Crippen molar-refractivity contribution in [3.8, 4) is 11.5 Å². The van der Waals surface area contributed by atoms with Crippen LogP contribution in [0.5, 0.6) is 11.5 Å². The van der Waals surface area contributed by atoms with Crippen LogP contribution < -0.4 is 5.32 Å². The SMILES string of the molecule is CC1=C(O)/C(=N\c2ccc(O)cc2)C=C(Nc2ccc(O)cc2)C1=O. The number of phenolic OH excluding ortho intramolecular Hbond substituents is 2. The second-order valence-electron chi connectivity index (χ2n) is 5.55. The number of anilines is 1. The molecule has 1 aliphatic carbocycles. The maximum atomic E-state index is 12.4. The van der Waals surface area contributed by atoms with E-state index >= 15 is 0 Å². The zero-order valence-corrected chi connectivity index (χ0v) is 13.4. The van der Waals surface area contributed by atoms with E-state index in [2.05, 4.69) is 10.3 Å². The Balaban J connectivity index is 1.96. The molecule has 0 atom stereocenters. The van der Waals surface area contributed by atoms with Gasteiger partial charge >= 0.3 is 0 Å². The Morgan fingerprint density at radius 2 is 1.44 bits per heavy atom. The summed E-state index contributed by atoms with van der Waals surface area (Å²) in [6.07, 6.45) is 1.46. The molecule has 3 rings (SSSR count). The number of hydrogen-bond acceptors (Lipinski definition) is 6. The third-order valence-electron chi connectivity index (χ3n) is 3.71. The quantitative estimate of drug-likeness (QED) is 0.507. The van der Waals surface area contributed by atoms with Gasteiger partial charge < -0.3 is 20.6 Å². The molecule has 0 heterocycles. The number of carbonyl (C=O) groups excluding carboxylic acids is 1. The summed E-state index contributed by atoms with van der Waals surface area (Å²) in [5.74, 6) is -0.286. The molecular weight excluding hydrogens is 320 g/mol. The summed E-state index contributed by atoms with van der Waals surface area (Å²) in [4.78, 5) is 16.7. The van der Waals surface area contributed by atoms with Crippen molar-refractivity contribution >= 4 is 22.9 Å². The normalized spacial score (nSPS) is 16.1. The van der Waals surface area contributed by atoms with Gasteiger partial charge in [0.1, 0.15) is 23.0 Å². The second kappa shape index (κ2) is 6.52. The fourth-order valence-corrected chi connectivity index (χ4v) is 2.32. The number of nitrogens with zero attached hydrogens (tertiary/aromatic N) is 1. The Bertz CT molecular complexity index is 907. The van der Waals surface area contributed by atoms with E-state index in [4.69, 9.17) is 0 Å². The van der Waals surface area contributed by atoms with Crippen LogP contribution in [0.25, 0.3) is 0 Å². The van der Waals surface area contributed by atoms with Crippen LogP contribution >= 0.6 is 0 Å². The predicted octanol–water partition coefficient (Wildman–Crippen LogP) is 3.58. The molecule has 1 aliphatic rings. The van der Waals surface area contributed by atoms with E-state index in [0.717, 1.165) is 0 Å². The van der Waals surface area contributed by atoms with Crippen LogP contribution in [0.4, 0.5) is 11.4 Å². The minimum Gasteiger partial charge on any atom is -0.508 e. The molecular formula is C19H16N2O4. The van der Waals surface area contributed by atoms with E-state index in [0.29, 0.717) is 11.4 Å². The first-order valence-electron chi connectivity index (χ1n) is 7.54. The Kier molecular flexibility index (Phi) is 4.26. The second-order valence-corrected chi connectivity index (χ2v) is 5.55. The van der Waals surface area contributed by atoms with Crippen molar-refractivity contribution in [3.63, 3.8) is 0 Å². The molecule has 126 valence electrons. The highest BCUT2D eigenvalue weighted by atomic mass is 16.3. The van der Waals surface area contributed by atoms with E-state index in [9.17, 15) is 20.1 Å². The number of hydrogen-bond donors (Lipinski definition) is 4. The lowest BCUT2D eigenvalue weighted by Crippen LogP contribution is -2.22. The van der Waals surface area contributed by atoms with Crippen molar-refractivity contribution in [2.75, 3.05) is 5.32 Å². The number of aromatic hydroxyl groups is 2. The molecule has 0 fully saturated rings. The van der Waals surface area contributed by atoms with E-state index in [1.54, 1.807) is 24.3 Å². The summed E-state index contributed by atoms with van der Waals surface area (Å²) < 4.78 is 0. The maximum absolute atomic E-state index is 12.4. The topological polar surface area (TPSA) is 102 Å². The summed E-state index contributed by atoms with van der Waals surface area (Å²) in [6, 6.07) is 12.4. The lowest BCUT2D eigenvalue weighted by atomic mass is 9.99. The molecule has 0 bridgehead atoms. The van der Waals surface area contributed by atoms with E-state index < -0.39 is 0 Å². The van der Waals surface area contributed by atoms with Gasteiger partial charge in [-0.05, 0) is 61.5 Å². The zero-order chi connectivity index (χ0) is 18.0. The highest BCUT2D eigenvalue weighted by molar-refractivity contribution is 6.24. The number of benzene rings is 2. The number of aliphatic hydroxyl groups excluding tert-OH is 1. The summed E-state index contributed by atoms with van der Waals surface area (Å²) in [6.45, 7) is 1.52. The van der Waals surface area contributed by atoms with Gasteiger partial charge in [-0.1, -0.05) is 0 Å². The molecule has 0 spiro atoms. The molecule has 4 N–H and O–H groups in total. The van der Waals surface area contributed by atoms with E-state index in [1.165, 1.54) is 37.3 Å². The third-order valence-corrected chi connectivity index (χ3v) is 3.71. The van der Waals surface area contributed by atoms with Gasteiger partial charge in [-0.2, -0.15) is 0 Å². The standard InChI is InChI=1S/C19H16N2O4/c1-11-18(24)16(20-12-2-6-14(22)7-3-12)10-17(19(11)25)21-13-4-8-15(23)9-5-13/h2-10,20,22-23,25H,1H3/b21-17-. The molecule has 0 aliphatic heterocycles. The number of carbonyl (C=O) groups is 1. The summed E-state index contributed by atoms with van der Waals surface area (Å²) in [5, 5.41) is 31.8. The van der Waals surface area contributed by atoms with Crippen LogP contribution in [-0.2, 0) is 4.79 Å². The van der Waals surface area contributed by atoms with Gasteiger partial charge in [0.25, 0.3) is 0 Å². The van der Waals surface area contributed by atoms with Crippen LogP contribution in [0.3, 0.4) is 0 Å². The average Bonchev–Trinajstić information content (AvgIpc) is 2.61. The number of ketones is 1. The van der Waals surface area contributed by atoms with Gasteiger partial charge in [-0.3, -0.25) is 4.79 Å². The molecule has 6 nitrogen and oxygen atoms in total. The van der Waals surface area contributed by atoms with Gasteiger partial charge in [-0.25, -0.2) is 4.99 Å². The van der Waals surface area contributed by atoms with Crippen LogP contribution in [0.2, 0.25) is 0 Å². The van der Waals surface area contributed by atoms with E-state index in [-0.39, 0.29) is 40.0 Å². The van der Waals surface area contributed by atoms with Crippen molar-refractivity contribution in [2.45, 2.75) is 6.92 Å². The molecule has 25 heavy (non-hydrogen) atoms. The van der Waals surface area contributed by atoms with Crippen molar-refractivity contribution in [1.82, 2.24) is 0 Å². The number of aliphatic imine (C=N–C) groups is 1. The first kappa shape index (κ1) is 16.3. The molecule has 0 unspecified atom stereocenters. The number of Topliss-reactive ketones (excluding diaryl/α,β-unsaturated/α-hetero) is 1. The molecule has 2 aromatic carbocycles. The molecule has 0 saturated carbocycles. The van der Waals surface area contributed by atoms with E-state index in [1.807, 2.05) is 0 Å². The lowest BCUT2D eigenvalue weighted by Gasteiger charge is -2.17. The monoisotopic (exact) mass is 336 g/mol. The number of rotatable bonds is 3. The molecule has 0 saturated heterocycles. The minimum atomic E-state index is -0.338. The number of phenols is 2. The van der Waals surface area contributed by atoms with Gasteiger partial charge in [0.2, 0.25) is 5.78 Å². The van der Waals surface area contributed by atoms with Crippen LogP contribution in [-0.4, -0.2) is 26.8 Å². The molecule has 0 amide bonds. The van der Waals surface area contributed by atoms with Crippen molar-refractivity contribution < 1.29 is 20.1 Å². The Morgan fingerprint density at radius 1 is 0.880 bits per heavy atom. The van der Waals surface area contributed by atoms with Crippen molar-refractivity contribution in [3.05, 3.63) is 71.6 Å². The van der Waals surface area contributed by atoms with Gasteiger partial charge in [0.05, 0.1) is 11.4 Å². The summed E-state index contributed by atoms with van der Waals surface area (Å²) in [7, 11) is 0. The number of allylic oxidation sites excluding steroid dienone is 2. The van der Waals surface area contributed by atoms with Gasteiger partial charge in [0, 0.05) is 11.3 Å². The highest BCUT2D eigenvalue weighted by Crippen LogP contribution is 2.24. The smallest absolute Gasteiger partial charge is 0.208 e. The fourth-order valence-electron chi connectivity index (χ4n) is 2.32. The summed E-state index contributed by atoms with van der Waals surface area (Å²) >= 11 is 0. The minimum absolute atomic E-state index is 0.115. The lowest BCUT2D eigenvalue weighted by molar-refractivity contribution is -0.112. The summed E-state index contributed by atoms with van der Waals surface area (Å²) in [5.41, 5.74) is 1.83. The zero-order valence-electron chi connectivity index (χ0n) is 13.4. The highest BCUT2D eigenvalue weighted by Gasteiger charge is 2.24. The molecule has 2 aromatic rings. The Morgan fingerprint density at radius 3 is 2.04 bits per heavy atom. The number of nitrogens with one attached hydrogen (secondary N) is 1. The molecule has 6 heteroatoms. The fraction of sp³-hybridized carbons (Fsp3) is 0.0526. The Labute approximate surface area is 144 Å². The average molecular weight is 336 g/mol. The molecule has 0 radical (unpaired) electrons. The van der Waals surface area contributed by atoms with Gasteiger partial charge in [0.15, 0.2) is 0 Å². The van der Waals surface area contributed by atoms with Gasteiger partial charge in [-0.15, -0.1) is 0 Å².